The summed E-state index contributed by atoms with van der Waals surface area (Å²) in [4.78, 5) is 0.879. The molecule has 1 rings (SSSR count). The van der Waals surface area contributed by atoms with Crippen LogP contribution in [0.1, 0.15) is 19.4 Å². The molecule has 2 nitrogen and oxygen atoms in total. The molecule has 0 heterocycles. The summed E-state index contributed by atoms with van der Waals surface area (Å²) in [5.41, 5.74) is 7.81. The fraction of sp³-hybridized carbons (Fsp3) is 0.538. The van der Waals surface area contributed by atoms with Gasteiger partial charge in [0.25, 0.3) is 0 Å². The topological polar surface area (TPSA) is 38.0 Å². The smallest absolute Gasteiger partial charge is 0.0449 e. The van der Waals surface area contributed by atoms with Gasteiger partial charge in [-0.15, -0.1) is 12.6 Å². The summed E-state index contributed by atoms with van der Waals surface area (Å²) in [5.74, 6) is 1.33. The summed E-state index contributed by atoms with van der Waals surface area (Å²) in [7, 11) is 2.00. The second-order valence-corrected chi connectivity index (χ2v) is 5.14. The summed E-state index contributed by atoms with van der Waals surface area (Å²) in [6, 6.07) is 6.11. The molecule has 0 radical (unpaired) electrons. The highest BCUT2D eigenvalue weighted by atomic mass is 32.1. The van der Waals surface area contributed by atoms with Crippen molar-refractivity contribution in [3.63, 3.8) is 0 Å². The number of thiol groups is 1. The van der Waals surface area contributed by atoms with Gasteiger partial charge < -0.3 is 11.1 Å². The Morgan fingerprint density at radius 3 is 2.56 bits per heavy atom. The van der Waals surface area contributed by atoms with E-state index >= 15 is 0 Å². The van der Waals surface area contributed by atoms with E-state index in [1.54, 1.807) is 0 Å². The Balaban J connectivity index is 2.73. The van der Waals surface area contributed by atoms with Gasteiger partial charge in [-0.05, 0) is 49.5 Å². The Morgan fingerprint density at radius 1 is 1.38 bits per heavy atom. The lowest BCUT2D eigenvalue weighted by Gasteiger charge is -2.20. The minimum Gasteiger partial charge on any atom is -0.398 e. The van der Waals surface area contributed by atoms with Gasteiger partial charge in [-0.3, -0.25) is 0 Å². The van der Waals surface area contributed by atoms with E-state index in [4.69, 9.17) is 5.73 Å². The maximum Gasteiger partial charge on any atom is 0.0449 e. The number of nitrogens with one attached hydrogen (secondary N) is 1. The first-order valence-corrected chi connectivity index (χ1v) is 6.21. The van der Waals surface area contributed by atoms with Crippen molar-refractivity contribution in [1.82, 2.24) is 5.32 Å². The number of anilines is 1. The van der Waals surface area contributed by atoms with Gasteiger partial charge in [-0.25, -0.2) is 0 Å². The number of nitrogen functional groups attached to an aromatic ring is 1. The molecule has 0 saturated heterocycles. The largest absolute Gasteiger partial charge is 0.398 e. The Morgan fingerprint density at radius 2 is 2.06 bits per heavy atom. The predicted molar refractivity (Wildman–Crippen MR) is 74.1 cm³/mol. The van der Waals surface area contributed by atoms with E-state index in [1.807, 2.05) is 13.1 Å². The number of benzene rings is 1. The quantitative estimate of drug-likeness (QED) is 0.545. The van der Waals surface area contributed by atoms with Crippen LogP contribution in [0.3, 0.4) is 0 Å². The van der Waals surface area contributed by atoms with Crippen LogP contribution in [0, 0.1) is 11.8 Å². The maximum atomic E-state index is 5.75. The zero-order valence-corrected chi connectivity index (χ0v) is 11.2. The van der Waals surface area contributed by atoms with Crippen LogP contribution in [0.4, 0.5) is 5.69 Å². The molecule has 1 unspecified atom stereocenters. The second-order valence-electron chi connectivity index (χ2n) is 4.66. The number of hydrogen-bond donors (Lipinski definition) is 3. The molecular weight excluding hydrogens is 216 g/mol. The first-order chi connectivity index (χ1) is 7.54. The van der Waals surface area contributed by atoms with Crippen molar-refractivity contribution in [2.45, 2.75) is 25.2 Å². The van der Waals surface area contributed by atoms with Gasteiger partial charge in [-0.1, -0.05) is 19.9 Å². The fourth-order valence-corrected chi connectivity index (χ4v) is 2.07. The number of nitrogens with two attached hydrogens (primary N) is 1. The molecule has 0 aliphatic rings. The standard InChI is InChI=1S/C13H22N2S/c1-9(2)11(8-15-3)6-10-4-5-12(14)13(16)7-10/h4-5,7,9,11,15-16H,6,8,14H2,1-3H3. The molecule has 1 atom stereocenters. The van der Waals surface area contributed by atoms with E-state index in [1.165, 1.54) is 5.56 Å². The first kappa shape index (κ1) is 13.4. The van der Waals surface area contributed by atoms with E-state index in [0.717, 1.165) is 23.5 Å². The van der Waals surface area contributed by atoms with Crippen molar-refractivity contribution in [1.29, 1.82) is 0 Å². The molecule has 0 amide bonds. The van der Waals surface area contributed by atoms with E-state index in [2.05, 4.69) is 43.9 Å². The third kappa shape index (κ3) is 3.72. The molecule has 0 bridgehead atoms. The molecule has 0 saturated carbocycles. The van der Waals surface area contributed by atoms with Crippen molar-refractivity contribution in [3.8, 4) is 0 Å². The monoisotopic (exact) mass is 238 g/mol. The minimum atomic E-state index is 0.654. The van der Waals surface area contributed by atoms with Crippen LogP contribution in [0.15, 0.2) is 23.1 Å². The van der Waals surface area contributed by atoms with Crippen molar-refractivity contribution < 1.29 is 0 Å². The van der Waals surface area contributed by atoms with E-state index in [-0.39, 0.29) is 0 Å². The average Bonchev–Trinajstić information content (AvgIpc) is 2.22. The van der Waals surface area contributed by atoms with E-state index in [0.29, 0.717) is 11.8 Å². The summed E-state index contributed by atoms with van der Waals surface area (Å²) in [6.07, 6.45) is 1.08. The summed E-state index contributed by atoms with van der Waals surface area (Å²) >= 11 is 4.35. The van der Waals surface area contributed by atoms with Gasteiger partial charge in [0.05, 0.1) is 0 Å². The van der Waals surface area contributed by atoms with E-state index < -0.39 is 0 Å². The van der Waals surface area contributed by atoms with Crippen molar-refractivity contribution in [2.24, 2.45) is 11.8 Å². The number of rotatable bonds is 5. The van der Waals surface area contributed by atoms with Crippen LogP contribution in [0.25, 0.3) is 0 Å². The Kier molecular flexibility index (Phi) is 5.16. The van der Waals surface area contributed by atoms with Crippen LogP contribution in [0.2, 0.25) is 0 Å². The Bertz CT molecular complexity index is 337. The summed E-state index contributed by atoms with van der Waals surface area (Å²) in [5, 5.41) is 3.25. The van der Waals surface area contributed by atoms with Gasteiger partial charge >= 0.3 is 0 Å². The molecule has 3 heteroatoms. The lowest BCUT2D eigenvalue weighted by molar-refractivity contribution is 0.370. The predicted octanol–water partition coefficient (Wildman–Crippen LogP) is 2.59. The van der Waals surface area contributed by atoms with Crippen LogP contribution < -0.4 is 11.1 Å². The molecule has 0 spiro atoms. The zero-order valence-electron chi connectivity index (χ0n) is 10.3. The minimum absolute atomic E-state index is 0.654. The molecule has 90 valence electrons. The van der Waals surface area contributed by atoms with Gasteiger partial charge in [0, 0.05) is 10.6 Å². The van der Waals surface area contributed by atoms with Crippen LogP contribution in [0.5, 0.6) is 0 Å². The number of hydrogen-bond acceptors (Lipinski definition) is 3. The molecule has 1 aromatic carbocycles. The lowest BCUT2D eigenvalue weighted by atomic mass is 9.89. The van der Waals surface area contributed by atoms with Crippen molar-refractivity contribution in [2.75, 3.05) is 19.3 Å². The third-order valence-electron chi connectivity index (χ3n) is 3.00. The molecule has 1 aromatic rings. The van der Waals surface area contributed by atoms with Crippen LogP contribution in [-0.2, 0) is 6.42 Å². The highest BCUT2D eigenvalue weighted by molar-refractivity contribution is 7.80. The van der Waals surface area contributed by atoms with Gasteiger partial charge in [0.1, 0.15) is 0 Å². The molecular formula is C13H22N2S. The third-order valence-corrected chi connectivity index (χ3v) is 3.39. The van der Waals surface area contributed by atoms with Gasteiger partial charge in [0.2, 0.25) is 0 Å². The SMILES string of the molecule is CNCC(Cc1ccc(N)c(S)c1)C(C)C. The Labute approximate surface area is 104 Å². The van der Waals surface area contributed by atoms with E-state index in [9.17, 15) is 0 Å². The fourth-order valence-electron chi connectivity index (χ4n) is 1.82. The first-order valence-electron chi connectivity index (χ1n) is 5.76. The molecule has 0 aliphatic carbocycles. The summed E-state index contributed by atoms with van der Waals surface area (Å²) in [6.45, 7) is 5.58. The molecule has 0 fully saturated rings. The lowest BCUT2D eigenvalue weighted by Crippen LogP contribution is -2.25. The van der Waals surface area contributed by atoms with Crippen LogP contribution in [-0.4, -0.2) is 13.6 Å². The average molecular weight is 238 g/mol. The zero-order chi connectivity index (χ0) is 12.1. The highest BCUT2D eigenvalue weighted by Crippen LogP contribution is 2.22. The molecule has 0 aromatic heterocycles. The second kappa shape index (κ2) is 6.16. The van der Waals surface area contributed by atoms with Gasteiger partial charge in [-0.2, -0.15) is 0 Å². The Hall–Kier alpha value is -0.670. The van der Waals surface area contributed by atoms with Crippen molar-refractivity contribution >= 4 is 18.3 Å². The van der Waals surface area contributed by atoms with Crippen molar-refractivity contribution in [3.05, 3.63) is 23.8 Å². The van der Waals surface area contributed by atoms with Gasteiger partial charge in [0.15, 0.2) is 0 Å². The molecule has 0 aliphatic heterocycles. The summed E-state index contributed by atoms with van der Waals surface area (Å²) < 4.78 is 0. The maximum absolute atomic E-state index is 5.75. The molecule has 16 heavy (non-hydrogen) atoms. The highest BCUT2D eigenvalue weighted by Gasteiger charge is 2.13. The molecule has 3 N–H and O–H groups in total. The normalized spacial score (nSPS) is 13.1. The van der Waals surface area contributed by atoms with Crippen LogP contribution >= 0.6 is 12.6 Å².